The van der Waals surface area contributed by atoms with Gasteiger partial charge in [0.25, 0.3) is 0 Å². The second-order valence-electron chi connectivity index (χ2n) is 4.78. The van der Waals surface area contributed by atoms with Gasteiger partial charge < -0.3 is 15.0 Å². The third-order valence-electron chi connectivity index (χ3n) is 3.18. The zero-order chi connectivity index (χ0) is 13.8. The number of hydrogen-bond acceptors (Lipinski definition) is 2. The Morgan fingerprint density at radius 3 is 2.89 bits per heavy atom. The molecule has 0 aliphatic rings. The molecule has 2 rings (SSSR count). The lowest BCUT2D eigenvalue weighted by molar-refractivity contribution is -0.118. The number of phenols is 1. The first-order chi connectivity index (χ1) is 9.11. The van der Waals surface area contributed by atoms with Crippen molar-refractivity contribution in [3.05, 3.63) is 30.0 Å². The number of carbonyl (C=O) groups is 1. The predicted octanol–water partition coefficient (Wildman–Crippen LogP) is 2.44. The highest BCUT2D eigenvalue weighted by Gasteiger charge is 2.09. The van der Waals surface area contributed by atoms with Crippen LogP contribution in [0.4, 0.5) is 0 Å². The van der Waals surface area contributed by atoms with Gasteiger partial charge in [-0.3, -0.25) is 4.79 Å². The number of phenolic OH excluding ortho intramolecular Hbond substituents is 1. The van der Waals surface area contributed by atoms with Crippen LogP contribution in [0.1, 0.15) is 25.8 Å². The van der Waals surface area contributed by atoms with Crippen molar-refractivity contribution in [2.24, 2.45) is 0 Å². The molecule has 0 fully saturated rings. The van der Waals surface area contributed by atoms with Gasteiger partial charge in [0.05, 0.1) is 0 Å². The van der Waals surface area contributed by atoms with E-state index in [0.29, 0.717) is 6.54 Å². The molecule has 1 aromatic carbocycles. The van der Waals surface area contributed by atoms with Crippen LogP contribution in [0.15, 0.2) is 24.4 Å². The number of benzene rings is 1. The van der Waals surface area contributed by atoms with Crippen LogP contribution < -0.4 is 5.32 Å². The Labute approximate surface area is 113 Å². The number of nitrogens with zero attached hydrogens (tertiary/aromatic N) is 1. The first-order valence-electron chi connectivity index (χ1n) is 6.67. The first-order valence-corrected chi connectivity index (χ1v) is 6.67. The Morgan fingerprint density at radius 1 is 1.42 bits per heavy atom. The topological polar surface area (TPSA) is 54.3 Å². The van der Waals surface area contributed by atoms with Gasteiger partial charge in [-0.15, -0.1) is 0 Å². The van der Waals surface area contributed by atoms with Crippen molar-refractivity contribution < 1.29 is 9.90 Å². The Kier molecular flexibility index (Phi) is 4.10. The molecule has 19 heavy (non-hydrogen) atoms. The van der Waals surface area contributed by atoms with Crippen LogP contribution in [-0.2, 0) is 17.8 Å². The zero-order valence-electron chi connectivity index (χ0n) is 11.4. The highest BCUT2D eigenvalue weighted by Crippen LogP contribution is 2.26. The minimum Gasteiger partial charge on any atom is -0.508 e. The summed E-state index contributed by atoms with van der Waals surface area (Å²) in [5.41, 5.74) is 2.30. The summed E-state index contributed by atoms with van der Waals surface area (Å²) in [5, 5.41) is 13.5. The van der Waals surface area contributed by atoms with Gasteiger partial charge in [-0.2, -0.15) is 0 Å². The molecular weight excluding hydrogens is 240 g/mol. The van der Waals surface area contributed by atoms with Crippen LogP contribution in [0.3, 0.4) is 0 Å². The summed E-state index contributed by atoms with van der Waals surface area (Å²) in [7, 11) is 0. The van der Waals surface area contributed by atoms with Crippen molar-refractivity contribution in [2.45, 2.75) is 33.2 Å². The molecule has 0 saturated carbocycles. The van der Waals surface area contributed by atoms with E-state index in [1.165, 1.54) is 6.92 Å². The molecule has 0 atom stereocenters. The van der Waals surface area contributed by atoms with E-state index >= 15 is 0 Å². The standard InChI is InChI=1S/C15H20N2O2/c1-3-8-17-10-12(6-7-16-11(2)18)14-9-13(19)4-5-15(14)17/h4-5,9-10,19H,3,6-8H2,1-2H3,(H,16,18). The van der Waals surface area contributed by atoms with Crippen molar-refractivity contribution in [3.63, 3.8) is 0 Å². The summed E-state index contributed by atoms with van der Waals surface area (Å²) in [6, 6.07) is 5.46. The molecule has 0 unspecified atom stereocenters. The molecule has 1 aromatic heterocycles. The normalized spacial score (nSPS) is 10.8. The van der Waals surface area contributed by atoms with Crippen LogP contribution in [0, 0.1) is 0 Å². The molecule has 2 aromatic rings. The summed E-state index contributed by atoms with van der Waals surface area (Å²) in [6.07, 6.45) is 3.96. The van der Waals surface area contributed by atoms with Gasteiger partial charge in [-0.25, -0.2) is 0 Å². The second kappa shape index (κ2) is 5.78. The third kappa shape index (κ3) is 3.08. The summed E-state index contributed by atoms with van der Waals surface area (Å²) in [6.45, 7) is 5.24. The largest absolute Gasteiger partial charge is 0.508 e. The molecule has 4 heteroatoms. The van der Waals surface area contributed by atoms with Crippen molar-refractivity contribution in [1.82, 2.24) is 9.88 Å². The molecular formula is C15H20N2O2. The number of aryl methyl sites for hydroxylation is 1. The quantitative estimate of drug-likeness (QED) is 0.867. The fourth-order valence-corrected chi connectivity index (χ4v) is 2.36. The molecule has 0 bridgehead atoms. The lowest BCUT2D eigenvalue weighted by atomic mass is 10.1. The number of carbonyl (C=O) groups excluding carboxylic acids is 1. The molecule has 1 heterocycles. The maximum atomic E-state index is 10.9. The van der Waals surface area contributed by atoms with E-state index in [9.17, 15) is 9.90 Å². The summed E-state index contributed by atoms with van der Waals surface area (Å²) < 4.78 is 2.21. The van der Waals surface area contributed by atoms with Crippen LogP contribution in [0.25, 0.3) is 10.9 Å². The molecule has 0 radical (unpaired) electrons. The van der Waals surface area contributed by atoms with E-state index in [0.717, 1.165) is 35.9 Å². The van der Waals surface area contributed by atoms with Gasteiger partial charge in [0.1, 0.15) is 5.75 Å². The summed E-state index contributed by atoms with van der Waals surface area (Å²) in [4.78, 5) is 10.9. The van der Waals surface area contributed by atoms with Crippen LogP contribution in [-0.4, -0.2) is 22.1 Å². The van der Waals surface area contributed by atoms with Crippen molar-refractivity contribution in [3.8, 4) is 5.75 Å². The Bertz CT molecular complexity index is 587. The van der Waals surface area contributed by atoms with E-state index in [1.54, 1.807) is 12.1 Å². The van der Waals surface area contributed by atoms with Crippen LogP contribution in [0.2, 0.25) is 0 Å². The van der Waals surface area contributed by atoms with E-state index in [4.69, 9.17) is 0 Å². The molecule has 0 spiro atoms. The zero-order valence-corrected chi connectivity index (χ0v) is 11.4. The fraction of sp³-hybridized carbons (Fsp3) is 0.400. The fourth-order valence-electron chi connectivity index (χ4n) is 2.36. The molecule has 1 amide bonds. The number of nitrogens with one attached hydrogen (secondary N) is 1. The van der Waals surface area contributed by atoms with Gasteiger partial charge in [0.15, 0.2) is 0 Å². The van der Waals surface area contributed by atoms with Gasteiger partial charge in [0, 0.05) is 37.1 Å². The van der Waals surface area contributed by atoms with Gasteiger partial charge in [0.2, 0.25) is 5.91 Å². The molecule has 0 aliphatic heterocycles. The molecule has 0 saturated heterocycles. The first kappa shape index (κ1) is 13.5. The summed E-state index contributed by atoms with van der Waals surface area (Å²) >= 11 is 0. The number of aromatic hydroxyl groups is 1. The van der Waals surface area contributed by atoms with Gasteiger partial charge in [-0.1, -0.05) is 6.92 Å². The minimum atomic E-state index is -0.0138. The van der Waals surface area contributed by atoms with Crippen molar-refractivity contribution >= 4 is 16.8 Å². The van der Waals surface area contributed by atoms with E-state index in [-0.39, 0.29) is 11.7 Å². The monoisotopic (exact) mass is 260 g/mol. The number of fused-ring (bicyclic) bond motifs is 1. The Hall–Kier alpha value is -1.97. The van der Waals surface area contributed by atoms with E-state index in [2.05, 4.69) is 23.0 Å². The van der Waals surface area contributed by atoms with Crippen molar-refractivity contribution in [1.29, 1.82) is 0 Å². The van der Waals surface area contributed by atoms with Gasteiger partial charge in [-0.05, 0) is 36.6 Å². The van der Waals surface area contributed by atoms with Crippen molar-refractivity contribution in [2.75, 3.05) is 6.54 Å². The highest BCUT2D eigenvalue weighted by molar-refractivity contribution is 5.85. The maximum Gasteiger partial charge on any atom is 0.216 e. The molecule has 0 aliphatic carbocycles. The minimum absolute atomic E-state index is 0.0138. The van der Waals surface area contributed by atoms with Crippen LogP contribution in [0.5, 0.6) is 5.75 Å². The second-order valence-corrected chi connectivity index (χ2v) is 4.78. The van der Waals surface area contributed by atoms with E-state index < -0.39 is 0 Å². The van der Waals surface area contributed by atoms with Gasteiger partial charge >= 0.3 is 0 Å². The SMILES string of the molecule is CCCn1cc(CCNC(C)=O)c2cc(O)ccc21. The van der Waals surface area contributed by atoms with Crippen LogP contribution >= 0.6 is 0 Å². The lowest BCUT2D eigenvalue weighted by Crippen LogP contribution is -2.22. The molecule has 102 valence electrons. The average molecular weight is 260 g/mol. The highest BCUT2D eigenvalue weighted by atomic mass is 16.3. The Balaban J connectivity index is 2.30. The summed E-state index contributed by atoms with van der Waals surface area (Å²) in [5.74, 6) is 0.266. The third-order valence-corrected chi connectivity index (χ3v) is 3.18. The number of amides is 1. The Morgan fingerprint density at radius 2 is 2.21 bits per heavy atom. The smallest absolute Gasteiger partial charge is 0.216 e. The molecule has 2 N–H and O–H groups in total. The maximum absolute atomic E-state index is 10.9. The van der Waals surface area contributed by atoms with E-state index in [1.807, 2.05) is 6.07 Å². The number of aromatic nitrogens is 1. The average Bonchev–Trinajstić information content (AvgIpc) is 2.67. The molecule has 4 nitrogen and oxygen atoms in total. The number of hydrogen-bond donors (Lipinski definition) is 2. The lowest BCUT2D eigenvalue weighted by Gasteiger charge is -2.02. The predicted molar refractivity (Wildman–Crippen MR) is 76.3 cm³/mol. The number of rotatable bonds is 5.